The number of nitrogens with zero attached hydrogens (tertiary/aromatic N) is 2. The number of aromatic amines is 1. The van der Waals surface area contributed by atoms with Gasteiger partial charge in [-0.1, -0.05) is 11.6 Å². The first-order valence-electron chi connectivity index (χ1n) is 5.98. The van der Waals surface area contributed by atoms with E-state index in [2.05, 4.69) is 32.4 Å². The Morgan fingerprint density at radius 2 is 1.95 bits per heavy atom. The van der Waals surface area contributed by atoms with E-state index in [0.29, 0.717) is 16.8 Å². The van der Waals surface area contributed by atoms with E-state index in [1.54, 1.807) is 6.07 Å². The van der Waals surface area contributed by atoms with Crippen LogP contribution in [0.25, 0.3) is 10.9 Å². The molecule has 3 aromatic rings. The zero-order chi connectivity index (χ0) is 13.4. The van der Waals surface area contributed by atoms with Gasteiger partial charge in [-0.3, -0.25) is 0 Å². The first-order valence-corrected chi connectivity index (χ1v) is 6.35. The fraction of sp³-hybridized carbons (Fsp3) is 0.143. The molecule has 0 fully saturated rings. The van der Waals surface area contributed by atoms with Gasteiger partial charge in [-0.15, -0.1) is 0 Å². The van der Waals surface area contributed by atoms with Crippen LogP contribution in [0.3, 0.4) is 0 Å². The molecule has 0 aliphatic heterocycles. The van der Waals surface area contributed by atoms with E-state index in [9.17, 15) is 0 Å². The second-order valence-electron chi connectivity index (χ2n) is 4.50. The zero-order valence-corrected chi connectivity index (χ0v) is 11.4. The Bertz CT molecular complexity index is 728. The van der Waals surface area contributed by atoms with Crippen molar-refractivity contribution in [1.29, 1.82) is 0 Å². The quantitative estimate of drug-likeness (QED) is 0.694. The van der Waals surface area contributed by atoms with E-state index >= 15 is 0 Å². The van der Waals surface area contributed by atoms with Crippen LogP contribution in [0.1, 0.15) is 11.5 Å². The number of benzene rings is 1. The first-order chi connectivity index (χ1) is 9.10. The Labute approximate surface area is 115 Å². The number of hydrogen-bond donors (Lipinski definition) is 2. The number of fused-ring (bicyclic) bond motifs is 1. The Kier molecular flexibility index (Phi) is 2.87. The van der Waals surface area contributed by atoms with Crippen molar-refractivity contribution in [2.45, 2.75) is 13.8 Å². The molecular formula is C14H13ClN4. The van der Waals surface area contributed by atoms with Crippen molar-refractivity contribution in [3.63, 3.8) is 0 Å². The molecule has 0 spiro atoms. The largest absolute Gasteiger partial charge is 0.359 e. The highest BCUT2D eigenvalue weighted by Crippen LogP contribution is 2.23. The van der Waals surface area contributed by atoms with E-state index in [0.717, 1.165) is 16.9 Å². The number of H-pyrrole nitrogens is 1. The summed E-state index contributed by atoms with van der Waals surface area (Å²) in [6.07, 6.45) is 0. The fourth-order valence-electron chi connectivity index (χ4n) is 2.10. The molecule has 0 radical (unpaired) electrons. The third-order valence-electron chi connectivity index (χ3n) is 2.83. The Hall–Kier alpha value is -2.07. The van der Waals surface area contributed by atoms with Gasteiger partial charge in [-0.25, -0.2) is 9.97 Å². The molecule has 0 aliphatic carbocycles. The normalized spacial score (nSPS) is 10.9. The van der Waals surface area contributed by atoms with Gasteiger partial charge in [0.1, 0.15) is 16.8 Å². The lowest BCUT2D eigenvalue weighted by Crippen LogP contribution is -1.97. The van der Waals surface area contributed by atoms with Crippen molar-refractivity contribution >= 4 is 34.0 Å². The summed E-state index contributed by atoms with van der Waals surface area (Å²) in [6.45, 7) is 3.86. The van der Waals surface area contributed by atoms with Crippen LogP contribution < -0.4 is 5.32 Å². The van der Waals surface area contributed by atoms with Crippen LogP contribution in [0.4, 0.5) is 11.5 Å². The summed E-state index contributed by atoms with van der Waals surface area (Å²) in [6, 6.07) is 9.94. The minimum atomic E-state index is 0.438. The predicted octanol–water partition coefficient (Wildman–Crippen LogP) is 3.97. The monoisotopic (exact) mass is 272 g/mol. The van der Waals surface area contributed by atoms with Gasteiger partial charge >= 0.3 is 0 Å². The van der Waals surface area contributed by atoms with E-state index in [-0.39, 0.29) is 0 Å². The zero-order valence-electron chi connectivity index (χ0n) is 10.7. The molecule has 4 nitrogen and oxygen atoms in total. The van der Waals surface area contributed by atoms with Gasteiger partial charge in [0.15, 0.2) is 0 Å². The molecule has 2 aromatic heterocycles. The standard InChI is InChI=1S/C14H13ClN4/c1-8-5-10-6-11(3-4-12(10)16-8)19-14-7-13(15)17-9(2)18-14/h3-7,16H,1-2H3,(H,17,18,19). The summed E-state index contributed by atoms with van der Waals surface area (Å²) >= 11 is 5.92. The maximum Gasteiger partial charge on any atom is 0.135 e. The van der Waals surface area contributed by atoms with Gasteiger partial charge in [0, 0.05) is 28.4 Å². The molecule has 0 saturated heterocycles. The maximum absolute atomic E-state index is 5.92. The van der Waals surface area contributed by atoms with E-state index in [1.807, 2.05) is 26.0 Å². The van der Waals surface area contributed by atoms with Crippen LogP contribution >= 0.6 is 11.6 Å². The van der Waals surface area contributed by atoms with Gasteiger partial charge in [0.25, 0.3) is 0 Å². The van der Waals surface area contributed by atoms with E-state index in [1.165, 1.54) is 5.39 Å². The molecule has 96 valence electrons. The highest BCUT2D eigenvalue weighted by atomic mass is 35.5. The average molecular weight is 273 g/mol. The van der Waals surface area contributed by atoms with Gasteiger partial charge in [-0.05, 0) is 38.1 Å². The molecule has 0 aliphatic rings. The summed E-state index contributed by atoms with van der Waals surface area (Å²) in [4.78, 5) is 11.6. The molecule has 19 heavy (non-hydrogen) atoms. The van der Waals surface area contributed by atoms with Crippen LogP contribution in [0, 0.1) is 13.8 Å². The minimum absolute atomic E-state index is 0.438. The van der Waals surface area contributed by atoms with E-state index < -0.39 is 0 Å². The molecule has 3 rings (SSSR count). The third kappa shape index (κ3) is 2.53. The Balaban J connectivity index is 1.95. The third-order valence-corrected chi connectivity index (χ3v) is 3.03. The molecular weight excluding hydrogens is 260 g/mol. The summed E-state index contributed by atoms with van der Waals surface area (Å²) in [5, 5.41) is 4.84. The first kappa shape index (κ1) is 12.0. The lowest BCUT2D eigenvalue weighted by atomic mass is 10.2. The van der Waals surface area contributed by atoms with Crippen molar-refractivity contribution in [3.05, 3.63) is 47.0 Å². The van der Waals surface area contributed by atoms with Crippen molar-refractivity contribution in [3.8, 4) is 0 Å². The molecule has 0 atom stereocenters. The van der Waals surface area contributed by atoms with E-state index in [4.69, 9.17) is 11.6 Å². The molecule has 0 amide bonds. The summed E-state index contributed by atoms with van der Waals surface area (Å²) in [5.74, 6) is 1.35. The molecule has 0 bridgehead atoms. The van der Waals surface area contributed by atoms with Crippen LogP contribution in [0.5, 0.6) is 0 Å². The molecule has 0 unspecified atom stereocenters. The number of rotatable bonds is 2. The number of aryl methyl sites for hydroxylation is 2. The van der Waals surface area contributed by atoms with Crippen molar-refractivity contribution in [2.24, 2.45) is 0 Å². The van der Waals surface area contributed by atoms with Gasteiger partial charge in [-0.2, -0.15) is 0 Å². The lowest BCUT2D eigenvalue weighted by molar-refractivity contribution is 1.06. The maximum atomic E-state index is 5.92. The van der Waals surface area contributed by atoms with Gasteiger partial charge in [0.05, 0.1) is 0 Å². The summed E-state index contributed by atoms with van der Waals surface area (Å²) in [5.41, 5.74) is 3.24. The van der Waals surface area contributed by atoms with Crippen LogP contribution in [0.15, 0.2) is 30.3 Å². The molecule has 0 saturated carbocycles. The number of aromatic nitrogens is 3. The number of hydrogen-bond acceptors (Lipinski definition) is 3. The van der Waals surface area contributed by atoms with Gasteiger partial charge < -0.3 is 10.3 Å². The van der Waals surface area contributed by atoms with Crippen LogP contribution in [-0.2, 0) is 0 Å². The van der Waals surface area contributed by atoms with Gasteiger partial charge in [0.2, 0.25) is 0 Å². The number of halogens is 1. The topological polar surface area (TPSA) is 53.6 Å². The van der Waals surface area contributed by atoms with Crippen molar-refractivity contribution in [1.82, 2.24) is 15.0 Å². The number of nitrogens with one attached hydrogen (secondary N) is 2. The molecule has 2 N–H and O–H groups in total. The minimum Gasteiger partial charge on any atom is -0.359 e. The predicted molar refractivity (Wildman–Crippen MR) is 78.1 cm³/mol. The Morgan fingerprint density at radius 3 is 2.74 bits per heavy atom. The summed E-state index contributed by atoms with van der Waals surface area (Å²) < 4.78 is 0. The fourth-order valence-corrected chi connectivity index (χ4v) is 2.32. The smallest absolute Gasteiger partial charge is 0.135 e. The van der Waals surface area contributed by atoms with Crippen LogP contribution in [-0.4, -0.2) is 15.0 Å². The average Bonchev–Trinajstić information content (AvgIpc) is 2.67. The Morgan fingerprint density at radius 1 is 1.11 bits per heavy atom. The second kappa shape index (κ2) is 4.55. The molecule has 1 aromatic carbocycles. The summed E-state index contributed by atoms with van der Waals surface area (Å²) in [7, 11) is 0. The molecule has 2 heterocycles. The highest BCUT2D eigenvalue weighted by molar-refractivity contribution is 6.29. The van der Waals surface area contributed by atoms with Crippen LogP contribution in [0.2, 0.25) is 5.15 Å². The lowest BCUT2D eigenvalue weighted by Gasteiger charge is -2.06. The highest BCUT2D eigenvalue weighted by Gasteiger charge is 2.03. The second-order valence-corrected chi connectivity index (χ2v) is 4.89. The SMILES string of the molecule is Cc1nc(Cl)cc(Nc2ccc3[nH]c(C)cc3c2)n1. The van der Waals surface area contributed by atoms with Crippen molar-refractivity contribution < 1.29 is 0 Å². The molecule has 5 heteroatoms. The number of anilines is 2. The van der Waals surface area contributed by atoms with Crippen molar-refractivity contribution in [2.75, 3.05) is 5.32 Å².